The molecule has 150 valence electrons. The fourth-order valence-corrected chi connectivity index (χ4v) is 2.93. The van der Waals surface area contributed by atoms with E-state index in [1.54, 1.807) is 32.0 Å². The number of hydrogen-bond donors (Lipinski definition) is 2. The van der Waals surface area contributed by atoms with Crippen molar-refractivity contribution in [1.29, 1.82) is 0 Å². The maximum Gasteiger partial charge on any atom is 0.280 e. The van der Waals surface area contributed by atoms with Gasteiger partial charge in [-0.1, -0.05) is 18.2 Å². The lowest BCUT2D eigenvalue weighted by atomic mass is 10.2. The summed E-state index contributed by atoms with van der Waals surface area (Å²) in [6, 6.07) is 14.0. The highest BCUT2D eigenvalue weighted by Crippen LogP contribution is 2.22. The number of hydrogen-bond acceptors (Lipinski definition) is 5. The van der Waals surface area contributed by atoms with Gasteiger partial charge in [0.15, 0.2) is 0 Å². The summed E-state index contributed by atoms with van der Waals surface area (Å²) in [5.41, 5.74) is 4.72. The molecule has 3 aromatic rings. The van der Waals surface area contributed by atoms with Crippen molar-refractivity contribution in [2.75, 3.05) is 14.2 Å². The number of nitrogens with zero attached hydrogens (tertiary/aromatic N) is 2. The van der Waals surface area contributed by atoms with Crippen molar-refractivity contribution in [3.8, 4) is 17.2 Å². The zero-order valence-corrected chi connectivity index (χ0v) is 16.6. The molecule has 3 rings (SSSR count). The maximum atomic E-state index is 12.8. The Hall–Kier alpha value is -3.81. The third-order valence-corrected chi connectivity index (χ3v) is 4.39. The number of H-pyrrole nitrogens is 1. The van der Waals surface area contributed by atoms with Crippen molar-refractivity contribution in [3.63, 3.8) is 0 Å². The molecule has 0 atom stereocenters. The average molecular weight is 394 g/mol. The quantitative estimate of drug-likeness (QED) is 0.496. The van der Waals surface area contributed by atoms with E-state index < -0.39 is 5.91 Å². The zero-order valence-electron chi connectivity index (χ0n) is 16.6. The van der Waals surface area contributed by atoms with E-state index in [0.717, 1.165) is 0 Å². The topological polar surface area (TPSA) is 97.7 Å². The Labute approximate surface area is 167 Å². The molecule has 1 heterocycles. The molecule has 0 unspecified atom stereocenters. The van der Waals surface area contributed by atoms with E-state index in [-0.39, 0.29) is 5.56 Å². The monoisotopic (exact) mass is 394 g/mol. The van der Waals surface area contributed by atoms with Gasteiger partial charge in [0.1, 0.15) is 11.5 Å². The Morgan fingerprint density at radius 2 is 1.69 bits per heavy atom. The smallest absolute Gasteiger partial charge is 0.280 e. The number of nitrogens with one attached hydrogen (secondary N) is 2. The summed E-state index contributed by atoms with van der Waals surface area (Å²) in [5.74, 6) is 0.531. The minimum absolute atomic E-state index is 0.243. The van der Waals surface area contributed by atoms with Gasteiger partial charge in [-0.05, 0) is 38.1 Å². The highest BCUT2D eigenvalue weighted by Gasteiger charge is 2.16. The maximum absolute atomic E-state index is 12.8. The molecule has 0 aliphatic rings. The number of hydrazone groups is 1. The molecule has 0 bridgehead atoms. The molecule has 0 spiro atoms. The fourth-order valence-electron chi connectivity index (χ4n) is 2.93. The molecule has 29 heavy (non-hydrogen) atoms. The molecule has 0 fully saturated rings. The number of ether oxygens (including phenoxy) is 2. The molecular weight excluding hydrogens is 372 g/mol. The number of methoxy groups -OCH3 is 2. The van der Waals surface area contributed by atoms with Gasteiger partial charge in [-0.15, -0.1) is 0 Å². The van der Waals surface area contributed by atoms with E-state index in [4.69, 9.17) is 9.47 Å². The number of rotatable bonds is 6. The Kier molecular flexibility index (Phi) is 5.82. The van der Waals surface area contributed by atoms with Gasteiger partial charge in [-0.3, -0.25) is 14.7 Å². The average Bonchev–Trinajstić information content (AvgIpc) is 3.05. The number of amides is 1. The lowest BCUT2D eigenvalue weighted by Crippen LogP contribution is -2.23. The van der Waals surface area contributed by atoms with E-state index in [0.29, 0.717) is 39.7 Å². The van der Waals surface area contributed by atoms with Crippen LogP contribution < -0.4 is 20.5 Å². The first-order valence-corrected chi connectivity index (χ1v) is 8.89. The number of para-hydroxylation sites is 1. The molecule has 0 aliphatic heterocycles. The van der Waals surface area contributed by atoms with Gasteiger partial charge in [-0.2, -0.15) is 5.10 Å². The summed E-state index contributed by atoms with van der Waals surface area (Å²) in [6.07, 6.45) is 0. The van der Waals surface area contributed by atoms with Crippen molar-refractivity contribution in [2.24, 2.45) is 5.10 Å². The van der Waals surface area contributed by atoms with Gasteiger partial charge in [-0.25, -0.2) is 10.1 Å². The fraction of sp³-hybridized carbons (Fsp3) is 0.190. The highest BCUT2D eigenvalue weighted by atomic mass is 16.5. The second kappa shape index (κ2) is 8.47. The van der Waals surface area contributed by atoms with Crippen molar-refractivity contribution in [2.45, 2.75) is 13.8 Å². The summed E-state index contributed by atoms with van der Waals surface area (Å²) < 4.78 is 11.8. The summed E-state index contributed by atoms with van der Waals surface area (Å²) in [4.78, 5) is 25.3. The number of aromatic nitrogens is 2. The lowest BCUT2D eigenvalue weighted by Gasteiger charge is -2.07. The summed E-state index contributed by atoms with van der Waals surface area (Å²) in [6.45, 7) is 3.45. The van der Waals surface area contributed by atoms with E-state index in [1.165, 1.54) is 18.9 Å². The molecule has 2 N–H and O–H groups in total. The van der Waals surface area contributed by atoms with Crippen LogP contribution in [-0.2, 0) is 0 Å². The van der Waals surface area contributed by atoms with E-state index in [2.05, 4.69) is 15.6 Å². The Bertz CT molecular complexity index is 1090. The standard InChI is InChI=1S/C21H22N4O4/c1-13(19-14(2)24-25(21(19)27)16-8-6-5-7-9-16)22-23-20(26)15-10-17(28-3)12-18(11-15)29-4/h5-12,24H,1-4H3,(H,23,26)/b22-13+. The van der Waals surface area contributed by atoms with Crippen molar-refractivity contribution in [1.82, 2.24) is 15.2 Å². The van der Waals surface area contributed by atoms with Crippen LogP contribution in [0.25, 0.3) is 5.69 Å². The molecule has 0 saturated heterocycles. The SMILES string of the molecule is COc1cc(OC)cc(C(=O)N/N=C(\C)c2c(C)[nH]n(-c3ccccc3)c2=O)c1. The molecule has 0 radical (unpaired) electrons. The molecule has 2 aromatic carbocycles. The van der Waals surface area contributed by atoms with Gasteiger partial charge in [0.25, 0.3) is 11.5 Å². The largest absolute Gasteiger partial charge is 0.497 e. The predicted octanol–water partition coefficient (Wildman–Crippen LogP) is 2.65. The molecule has 1 amide bonds. The highest BCUT2D eigenvalue weighted by molar-refractivity contribution is 6.01. The number of aromatic amines is 1. The van der Waals surface area contributed by atoms with E-state index in [1.807, 2.05) is 30.3 Å². The van der Waals surface area contributed by atoms with Crippen LogP contribution in [-0.4, -0.2) is 35.6 Å². The van der Waals surface area contributed by atoms with Crippen LogP contribution in [0.2, 0.25) is 0 Å². The Morgan fingerprint density at radius 3 is 2.28 bits per heavy atom. The summed E-state index contributed by atoms with van der Waals surface area (Å²) in [5, 5.41) is 7.15. The minimum atomic E-state index is -0.446. The number of carbonyl (C=O) groups excluding carboxylic acids is 1. The third kappa shape index (κ3) is 4.21. The molecule has 8 nitrogen and oxygen atoms in total. The van der Waals surface area contributed by atoms with Crippen LogP contribution >= 0.6 is 0 Å². The lowest BCUT2D eigenvalue weighted by molar-refractivity contribution is 0.0954. The predicted molar refractivity (Wildman–Crippen MR) is 110 cm³/mol. The minimum Gasteiger partial charge on any atom is -0.497 e. The van der Waals surface area contributed by atoms with Gasteiger partial charge < -0.3 is 9.47 Å². The van der Waals surface area contributed by atoms with Gasteiger partial charge >= 0.3 is 0 Å². The first-order valence-electron chi connectivity index (χ1n) is 8.89. The van der Waals surface area contributed by atoms with E-state index >= 15 is 0 Å². The van der Waals surface area contributed by atoms with Crippen LogP contribution in [0.3, 0.4) is 0 Å². The second-order valence-corrected chi connectivity index (χ2v) is 6.33. The number of aryl methyl sites for hydroxylation is 1. The van der Waals surface area contributed by atoms with Crippen LogP contribution in [0.15, 0.2) is 58.4 Å². The Balaban J connectivity index is 1.86. The number of carbonyl (C=O) groups is 1. The van der Waals surface area contributed by atoms with Crippen LogP contribution in [0.4, 0.5) is 0 Å². The van der Waals surface area contributed by atoms with Crippen LogP contribution in [0.5, 0.6) is 11.5 Å². The van der Waals surface area contributed by atoms with Gasteiger partial charge in [0, 0.05) is 17.3 Å². The van der Waals surface area contributed by atoms with Crippen LogP contribution in [0.1, 0.15) is 28.5 Å². The summed E-state index contributed by atoms with van der Waals surface area (Å²) in [7, 11) is 3.01. The van der Waals surface area contributed by atoms with Gasteiger partial charge in [0.05, 0.1) is 31.2 Å². The van der Waals surface area contributed by atoms with E-state index in [9.17, 15) is 9.59 Å². The van der Waals surface area contributed by atoms with Gasteiger partial charge in [0.2, 0.25) is 0 Å². The van der Waals surface area contributed by atoms with Crippen molar-refractivity contribution >= 4 is 11.6 Å². The molecule has 8 heteroatoms. The molecular formula is C21H22N4O4. The van der Waals surface area contributed by atoms with Crippen molar-refractivity contribution < 1.29 is 14.3 Å². The normalized spacial score (nSPS) is 11.2. The third-order valence-electron chi connectivity index (χ3n) is 4.39. The second-order valence-electron chi connectivity index (χ2n) is 6.33. The van der Waals surface area contributed by atoms with Crippen molar-refractivity contribution in [3.05, 3.63) is 75.7 Å². The Morgan fingerprint density at radius 1 is 1.07 bits per heavy atom. The van der Waals surface area contributed by atoms with Crippen LogP contribution in [0, 0.1) is 6.92 Å². The number of benzene rings is 2. The summed E-state index contributed by atoms with van der Waals surface area (Å²) >= 11 is 0. The zero-order chi connectivity index (χ0) is 21.0. The first kappa shape index (κ1) is 19.9. The molecule has 0 saturated carbocycles. The first-order chi connectivity index (χ1) is 13.9. The molecule has 0 aliphatic carbocycles. The molecule has 1 aromatic heterocycles.